The molecule has 1 aliphatic heterocycles. The average molecular weight is 374 g/mol. The Labute approximate surface area is 146 Å². The number of halogens is 1. The van der Waals surface area contributed by atoms with Crippen LogP contribution in [-0.4, -0.2) is 69.5 Å². The molecule has 7 nitrogen and oxygen atoms in total. The van der Waals surface area contributed by atoms with Crippen LogP contribution in [-0.2, 0) is 19.6 Å². The van der Waals surface area contributed by atoms with Gasteiger partial charge in [-0.3, -0.25) is 13.9 Å². The van der Waals surface area contributed by atoms with Crippen LogP contribution in [0.25, 0.3) is 0 Å². The highest BCUT2D eigenvalue weighted by Gasteiger charge is 2.24. The Hall–Kier alpha value is -1.80. The number of rotatable bonds is 6. The van der Waals surface area contributed by atoms with Gasteiger partial charge in [-0.05, 0) is 12.1 Å². The zero-order valence-electron chi connectivity index (χ0n) is 13.4. The van der Waals surface area contributed by atoms with Gasteiger partial charge in [-0.15, -0.1) is 0 Å². The maximum absolute atomic E-state index is 12.3. The Morgan fingerprint density at radius 2 is 1.88 bits per heavy atom. The molecule has 0 N–H and O–H groups in total. The van der Waals surface area contributed by atoms with Crippen LogP contribution in [0.1, 0.15) is 6.42 Å². The second-order valence-electron chi connectivity index (χ2n) is 5.56. The molecular weight excluding hydrogens is 354 g/mol. The summed E-state index contributed by atoms with van der Waals surface area (Å²) in [5.74, 6) is -0.138. The highest BCUT2D eigenvalue weighted by molar-refractivity contribution is 7.92. The van der Waals surface area contributed by atoms with Gasteiger partial charge in [0.15, 0.2) is 0 Å². The van der Waals surface area contributed by atoms with Crippen LogP contribution in [0.5, 0.6) is 0 Å². The highest BCUT2D eigenvalue weighted by Crippen LogP contribution is 2.27. The largest absolute Gasteiger partial charge is 0.342 e. The normalized spacial score (nSPS) is 15.2. The van der Waals surface area contributed by atoms with Crippen LogP contribution in [0.3, 0.4) is 0 Å². The van der Waals surface area contributed by atoms with Gasteiger partial charge in [-0.2, -0.15) is 0 Å². The number of piperazine rings is 1. The zero-order valence-corrected chi connectivity index (χ0v) is 15.0. The summed E-state index contributed by atoms with van der Waals surface area (Å²) < 4.78 is 25.3. The minimum Gasteiger partial charge on any atom is -0.342 e. The summed E-state index contributed by atoms with van der Waals surface area (Å²) in [6, 6.07) is 6.62. The van der Waals surface area contributed by atoms with Crippen molar-refractivity contribution in [2.24, 2.45) is 0 Å². The van der Waals surface area contributed by atoms with Gasteiger partial charge in [0.2, 0.25) is 22.3 Å². The van der Waals surface area contributed by atoms with E-state index in [1.807, 2.05) is 0 Å². The van der Waals surface area contributed by atoms with E-state index < -0.39 is 10.0 Å². The first-order chi connectivity index (χ1) is 11.3. The van der Waals surface area contributed by atoms with Gasteiger partial charge in [0.1, 0.15) is 0 Å². The van der Waals surface area contributed by atoms with Crippen LogP contribution in [0, 0.1) is 0 Å². The zero-order chi connectivity index (χ0) is 17.7. The molecule has 0 bridgehead atoms. The first kappa shape index (κ1) is 18.5. The van der Waals surface area contributed by atoms with E-state index in [9.17, 15) is 18.0 Å². The maximum atomic E-state index is 12.3. The predicted molar refractivity (Wildman–Crippen MR) is 92.5 cm³/mol. The standard InChI is InChI=1S/C15H20ClN3O4S/c1-24(22,23)19(14-5-3-2-4-13(14)16)7-6-15(21)18-10-8-17(12-20)9-11-18/h2-5,12H,6-11H2,1H3. The molecule has 0 spiro atoms. The fraction of sp³-hybridized carbons (Fsp3) is 0.467. The lowest BCUT2D eigenvalue weighted by molar-refractivity contribution is -0.134. The van der Waals surface area contributed by atoms with Crippen molar-refractivity contribution in [3.8, 4) is 0 Å². The molecule has 0 saturated carbocycles. The van der Waals surface area contributed by atoms with Crippen LogP contribution in [0.4, 0.5) is 5.69 Å². The highest BCUT2D eigenvalue weighted by atomic mass is 35.5. The molecule has 1 aromatic carbocycles. The second kappa shape index (κ2) is 7.85. The lowest BCUT2D eigenvalue weighted by atomic mass is 10.2. The molecule has 1 aromatic rings. The van der Waals surface area contributed by atoms with E-state index in [-0.39, 0.29) is 18.9 Å². The van der Waals surface area contributed by atoms with E-state index in [1.165, 1.54) is 0 Å². The molecule has 0 aromatic heterocycles. The summed E-state index contributed by atoms with van der Waals surface area (Å²) >= 11 is 6.08. The fourth-order valence-corrected chi connectivity index (χ4v) is 3.78. The molecule has 0 aliphatic carbocycles. The molecule has 0 unspecified atom stereocenters. The van der Waals surface area contributed by atoms with E-state index >= 15 is 0 Å². The molecule has 1 aliphatic rings. The fourth-order valence-electron chi connectivity index (χ4n) is 2.55. The van der Waals surface area contributed by atoms with Gasteiger partial charge in [0, 0.05) is 39.1 Å². The number of anilines is 1. The molecule has 132 valence electrons. The summed E-state index contributed by atoms with van der Waals surface area (Å²) in [5.41, 5.74) is 0.361. The van der Waals surface area contributed by atoms with Crippen molar-refractivity contribution >= 4 is 39.6 Å². The summed E-state index contributed by atoms with van der Waals surface area (Å²) in [6.45, 7) is 1.94. The van der Waals surface area contributed by atoms with Gasteiger partial charge in [0.05, 0.1) is 17.0 Å². The summed E-state index contributed by atoms with van der Waals surface area (Å²) in [6.07, 6.45) is 1.91. The number of nitrogens with zero attached hydrogens (tertiary/aromatic N) is 3. The third kappa shape index (κ3) is 4.61. The lowest BCUT2D eigenvalue weighted by Crippen LogP contribution is -2.48. The molecule has 0 atom stereocenters. The number of carbonyl (C=O) groups excluding carboxylic acids is 2. The number of hydrogen-bond acceptors (Lipinski definition) is 4. The van der Waals surface area contributed by atoms with Gasteiger partial charge in [-0.1, -0.05) is 23.7 Å². The SMILES string of the molecule is CS(=O)(=O)N(CCC(=O)N1CCN(C=O)CC1)c1ccccc1Cl. The Morgan fingerprint density at radius 3 is 2.42 bits per heavy atom. The van der Waals surface area contributed by atoms with E-state index in [0.29, 0.717) is 36.9 Å². The quantitative estimate of drug-likeness (QED) is 0.691. The summed E-state index contributed by atoms with van der Waals surface area (Å²) in [4.78, 5) is 26.2. The van der Waals surface area contributed by atoms with E-state index in [1.54, 1.807) is 34.1 Å². The number of benzene rings is 1. The third-order valence-electron chi connectivity index (χ3n) is 3.87. The maximum Gasteiger partial charge on any atom is 0.232 e. The number of hydrogen-bond donors (Lipinski definition) is 0. The smallest absolute Gasteiger partial charge is 0.232 e. The van der Waals surface area contributed by atoms with Crippen molar-refractivity contribution in [1.29, 1.82) is 0 Å². The predicted octanol–water partition coefficient (Wildman–Crippen LogP) is 0.797. The molecule has 2 amide bonds. The molecule has 2 rings (SSSR count). The van der Waals surface area contributed by atoms with E-state index in [4.69, 9.17) is 11.6 Å². The number of amides is 2. The van der Waals surface area contributed by atoms with Crippen LogP contribution < -0.4 is 4.31 Å². The third-order valence-corrected chi connectivity index (χ3v) is 5.37. The van der Waals surface area contributed by atoms with Gasteiger partial charge in [0.25, 0.3) is 0 Å². The van der Waals surface area contributed by atoms with Gasteiger partial charge < -0.3 is 9.80 Å². The van der Waals surface area contributed by atoms with Gasteiger partial charge in [-0.25, -0.2) is 8.42 Å². The topological polar surface area (TPSA) is 78.0 Å². The van der Waals surface area contributed by atoms with Gasteiger partial charge >= 0.3 is 0 Å². The molecule has 9 heteroatoms. The Kier molecular flexibility index (Phi) is 6.06. The average Bonchev–Trinajstić information content (AvgIpc) is 2.55. The first-order valence-electron chi connectivity index (χ1n) is 7.52. The van der Waals surface area contributed by atoms with Crippen LogP contribution in [0.2, 0.25) is 5.02 Å². The lowest BCUT2D eigenvalue weighted by Gasteiger charge is -2.33. The van der Waals surface area contributed by atoms with Crippen LogP contribution >= 0.6 is 11.6 Å². The van der Waals surface area contributed by atoms with Crippen molar-refractivity contribution in [3.05, 3.63) is 29.3 Å². The minimum absolute atomic E-state index is 0.0231. The van der Waals surface area contributed by atoms with E-state index in [2.05, 4.69) is 0 Å². The first-order valence-corrected chi connectivity index (χ1v) is 9.75. The molecule has 0 radical (unpaired) electrons. The monoisotopic (exact) mass is 373 g/mol. The summed E-state index contributed by atoms with van der Waals surface area (Å²) in [7, 11) is -3.56. The molecule has 1 heterocycles. The number of sulfonamides is 1. The van der Waals surface area contributed by atoms with Crippen molar-refractivity contribution in [3.63, 3.8) is 0 Å². The number of carbonyl (C=O) groups is 2. The molecule has 1 fully saturated rings. The Morgan fingerprint density at radius 1 is 1.25 bits per heavy atom. The molecular formula is C15H20ClN3O4S. The van der Waals surface area contributed by atoms with Crippen molar-refractivity contribution in [2.75, 3.05) is 43.3 Å². The van der Waals surface area contributed by atoms with Crippen molar-refractivity contribution in [1.82, 2.24) is 9.80 Å². The minimum atomic E-state index is -3.56. The van der Waals surface area contributed by atoms with E-state index in [0.717, 1.165) is 17.0 Å². The number of para-hydroxylation sites is 1. The Bertz CT molecular complexity index is 702. The molecule has 1 saturated heterocycles. The van der Waals surface area contributed by atoms with Crippen molar-refractivity contribution in [2.45, 2.75) is 6.42 Å². The summed E-state index contributed by atoms with van der Waals surface area (Å²) in [5, 5.41) is 0.315. The second-order valence-corrected chi connectivity index (χ2v) is 7.87. The van der Waals surface area contributed by atoms with Crippen LogP contribution in [0.15, 0.2) is 24.3 Å². The van der Waals surface area contributed by atoms with Crippen molar-refractivity contribution < 1.29 is 18.0 Å². The molecule has 24 heavy (non-hydrogen) atoms. The Balaban J connectivity index is 2.03.